The van der Waals surface area contributed by atoms with Crippen molar-refractivity contribution in [3.8, 4) is 11.5 Å². The molecular formula is C15H22ClNO3. The van der Waals surface area contributed by atoms with Crippen molar-refractivity contribution in [2.45, 2.75) is 12.8 Å². The Morgan fingerprint density at radius 2 is 1.80 bits per heavy atom. The normalized spacial score (nSPS) is 17.4. The maximum absolute atomic E-state index is 12.6. The van der Waals surface area contributed by atoms with Crippen LogP contribution in [0.25, 0.3) is 0 Å². The molecule has 0 fully saturated rings. The SMILES string of the molecule is COc1ccc(OC)c2c1CCC(CN(C)C)C2=O.Cl. The van der Waals surface area contributed by atoms with E-state index in [-0.39, 0.29) is 24.1 Å². The van der Waals surface area contributed by atoms with Crippen molar-refractivity contribution < 1.29 is 14.3 Å². The molecule has 0 aromatic heterocycles. The fourth-order valence-electron chi connectivity index (χ4n) is 2.76. The Hall–Kier alpha value is -1.26. The summed E-state index contributed by atoms with van der Waals surface area (Å²) >= 11 is 0. The lowest BCUT2D eigenvalue weighted by Gasteiger charge is -2.27. The number of carbonyl (C=O) groups excluding carboxylic acids is 1. The fraction of sp³-hybridized carbons (Fsp3) is 0.533. The predicted octanol–water partition coefficient (Wildman–Crippen LogP) is 2.43. The maximum Gasteiger partial charge on any atom is 0.171 e. The van der Waals surface area contributed by atoms with E-state index in [4.69, 9.17) is 9.47 Å². The minimum Gasteiger partial charge on any atom is -0.496 e. The van der Waals surface area contributed by atoms with Crippen LogP contribution in [0.2, 0.25) is 0 Å². The summed E-state index contributed by atoms with van der Waals surface area (Å²) in [7, 11) is 7.22. The predicted molar refractivity (Wildman–Crippen MR) is 81.5 cm³/mol. The zero-order valence-corrected chi connectivity index (χ0v) is 13.3. The first-order valence-corrected chi connectivity index (χ1v) is 6.51. The summed E-state index contributed by atoms with van der Waals surface area (Å²) in [6.45, 7) is 0.776. The highest BCUT2D eigenvalue weighted by Gasteiger charge is 2.32. The van der Waals surface area contributed by atoms with E-state index >= 15 is 0 Å². The van der Waals surface area contributed by atoms with Crippen LogP contribution in [0.1, 0.15) is 22.3 Å². The number of benzene rings is 1. The van der Waals surface area contributed by atoms with Gasteiger partial charge in [-0.2, -0.15) is 0 Å². The van der Waals surface area contributed by atoms with E-state index in [1.165, 1.54) is 0 Å². The lowest BCUT2D eigenvalue weighted by molar-refractivity contribution is 0.0872. The van der Waals surface area contributed by atoms with E-state index < -0.39 is 0 Å². The highest BCUT2D eigenvalue weighted by Crippen LogP contribution is 2.37. The molecule has 0 saturated carbocycles. The zero-order chi connectivity index (χ0) is 14.0. The van der Waals surface area contributed by atoms with Gasteiger partial charge in [-0.3, -0.25) is 4.79 Å². The molecular weight excluding hydrogens is 278 g/mol. The molecule has 0 amide bonds. The number of Topliss-reactive ketones (excluding diaryl/α,β-unsaturated/α-hetero) is 1. The number of rotatable bonds is 4. The van der Waals surface area contributed by atoms with Crippen LogP contribution in [-0.2, 0) is 6.42 Å². The fourth-order valence-corrected chi connectivity index (χ4v) is 2.76. The molecule has 1 aromatic carbocycles. The van der Waals surface area contributed by atoms with E-state index in [0.29, 0.717) is 11.3 Å². The number of carbonyl (C=O) groups is 1. The zero-order valence-electron chi connectivity index (χ0n) is 12.4. The number of fused-ring (bicyclic) bond motifs is 1. The van der Waals surface area contributed by atoms with Crippen LogP contribution in [0.3, 0.4) is 0 Å². The van der Waals surface area contributed by atoms with Gasteiger partial charge < -0.3 is 14.4 Å². The van der Waals surface area contributed by atoms with Gasteiger partial charge in [-0.25, -0.2) is 0 Å². The second-order valence-electron chi connectivity index (χ2n) is 5.19. The van der Waals surface area contributed by atoms with Crippen molar-refractivity contribution in [1.29, 1.82) is 0 Å². The molecule has 1 unspecified atom stereocenters. The maximum atomic E-state index is 12.6. The Labute approximate surface area is 126 Å². The van der Waals surface area contributed by atoms with Gasteiger partial charge in [-0.05, 0) is 39.1 Å². The molecule has 2 rings (SSSR count). The second-order valence-corrected chi connectivity index (χ2v) is 5.19. The number of hydrogen-bond acceptors (Lipinski definition) is 4. The average Bonchev–Trinajstić information content (AvgIpc) is 2.40. The molecule has 1 atom stereocenters. The Balaban J connectivity index is 0.00000200. The van der Waals surface area contributed by atoms with Crippen LogP contribution in [0, 0.1) is 5.92 Å². The van der Waals surface area contributed by atoms with Crippen LogP contribution in [0.4, 0.5) is 0 Å². The standard InChI is InChI=1S/C15H21NO3.ClH/c1-16(2)9-10-5-6-11-12(18-3)7-8-13(19-4)14(11)15(10)17;/h7-8,10H,5-6,9H2,1-4H3;1H. The molecule has 1 aromatic rings. The highest BCUT2D eigenvalue weighted by molar-refractivity contribution is 6.03. The van der Waals surface area contributed by atoms with Crippen LogP contribution >= 0.6 is 12.4 Å². The van der Waals surface area contributed by atoms with E-state index in [9.17, 15) is 4.79 Å². The molecule has 0 bridgehead atoms. The third-order valence-corrected chi connectivity index (χ3v) is 3.62. The lowest BCUT2D eigenvalue weighted by atomic mass is 9.81. The van der Waals surface area contributed by atoms with Crippen LogP contribution in [-0.4, -0.2) is 45.5 Å². The minimum atomic E-state index is 0. The first kappa shape index (κ1) is 16.8. The van der Waals surface area contributed by atoms with Crippen LogP contribution < -0.4 is 9.47 Å². The molecule has 112 valence electrons. The van der Waals surface area contributed by atoms with Crippen molar-refractivity contribution >= 4 is 18.2 Å². The molecule has 5 heteroatoms. The topological polar surface area (TPSA) is 38.8 Å². The largest absolute Gasteiger partial charge is 0.496 e. The summed E-state index contributed by atoms with van der Waals surface area (Å²) in [5, 5.41) is 0. The van der Waals surface area contributed by atoms with Gasteiger partial charge in [0.05, 0.1) is 19.8 Å². The Bertz CT molecular complexity index is 488. The van der Waals surface area contributed by atoms with Crippen molar-refractivity contribution in [2.24, 2.45) is 5.92 Å². The number of ketones is 1. The van der Waals surface area contributed by atoms with Gasteiger partial charge in [0.2, 0.25) is 0 Å². The minimum absolute atomic E-state index is 0. The van der Waals surface area contributed by atoms with E-state index in [2.05, 4.69) is 4.90 Å². The summed E-state index contributed by atoms with van der Waals surface area (Å²) in [6, 6.07) is 3.69. The Morgan fingerprint density at radius 1 is 1.20 bits per heavy atom. The molecule has 1 aliphatic rings. The third-order valence-electron chi connectivity index (χ3n) is 3.62. The van der Waals surface area contributed by atoms with Crippen molar-refractivity contribution in [3.63, 3.8) is 0 Å². The van der Waals surface area contributed by atoms with E-state index in [0.717, 1.165) is 30.7 Å². The molecule has 0 heterocycles. The van der Waals surface area contributed by atoms with Crippen LogP contribution in [0.15, 0.2) is 12.1 Å². The van der Waals surface area contributed by atoms with Gasteiger partial charge in [0.25, 0.3) is 0 Å². The first-order valence-electron chi connectivity index (χ1n) is 6.51. The number of halogens is 1. The van der Waals surface area contributed by atoms with Gasteiger partial charge >= 0.3 is 0 Å². The lowest BCUT2D eigenvalue weighted by Crippen LogP contribution is -2.32. The van der Waals surface area contributed by atoms with Crippen molar-refractivity contribution in [2.75, 3.05) is 34.9 Å². The molecule has 0 spiro atoms. The smallest absolute Gasteiger partial charge is 0.171 e. The van der Waals surface area contributed by atoms with Gasteiger partial charge in [0.1, 0.15) is 11.5 Å². The molecule has 0 N–H and O–H groups in total. The Morgan fingerprint density at radius 3 is 2.35 bits per heavy atom. The van der Waals surface area contributed by atoms with Crippen LogP contribution in [0.5, 0.6) is 11.5 Å². The molecule has 20 heavy (non-hydrogen) atoms. The summed E-state index contributed by atoms with van der Waals surface area (Å²) in [5.74, 6) is 1.66. The number of hydrogen-bond donors (Lipinski definition) is 0. The highest BCUT2D eigenvalue weighted by atomic mass is 35.5. The second kappa shape index (κ2) is 6.95. The molecule has 0 aliphatic heterocycles. The number of methoxy groups -OCH3 is 2. The average molecular weight is 300 g/mol. The van der Waals surface area contributed by atoms with Gasteiger partial charge in [-0.15, -0.1) is 12.4 Å². The van der Waals surface area contributed by atoms with Crippen molar-refractivity contribution in [3.05, 3.63) is 23.3 Å². The van der Waals surface area contributed by atoms with Crippen molar-refractivity contribution in [1.82, 2.24) is 4.90 Å². The number of nitrogens with zero attached hydrogens (tertiary/aromatic N) is 1. The quantitative estimate of drug-likeness (QED) is 0.856. The van der Waals surface area contributed by atoms with Gasteiger partial charge in [-0.1, -0.05) is 0 Å². The molecule has 1 aliphatic carbocycles. The van der Waals surface area contributed by atoms with E-state index in [1.807, 2.05) is 26.2 Å². The number of ether oxygens (including phenoxy) is 2. The van der Waals surface area contributed by atoms with Gasteiger partial charge in [0, 0.05) is 18.0 Å². The third kappa shape index (κ3) is 3.07. The Kier molecular flexibility index (Phi) is 5.84. The molecule has 4 nitrogen and oxygen atoms in total. The monoisotopic (exact) mass is 299 g/mol. The summed E-state index contributed by atoms with van der Waals surface area (Å²) < 4.78 is 10.7. The van der Waals surface area contributed by atoms with E-state index in [1.54, 1.807) is 14.2 Å². The summed E-state index contributed by atoms with van der Waals surface area (Å²) in [4.78, 5) is 14.7. The van der Waals surface area contributed by atoms with Gasteiger partial charge in [0.15, 0.2) is 5.78 Å². The summed E-state index contributed by atoms with van der Waals surface area (Å²) in [6.07, 6.45) is 1.73. The summed E-state index contributed by atoms with van der Waals surface area (Å²) in [5.41, 5.74) is 1.70. The first-order chi connectivity index (χ1) is 9.08. The molecule has 0 saturated heterocycles. The molecule has 0 radical (unpaired) electrons.